The van der Waals surface area contributed by atoms with Gasteiger partial charge >= 0.3 is 0 Å². The molecule has 1 aliphatic heterocycles. The van der Waals surface area contributed by atoms with E-state index in [2.05, 4.69) is 5.32 Å². The van der Waals surface area contributed by atoms with Crippen LogP contribution in [0, 0.1) is 0 Å². The Balaban J connectivity index is 1.52. The highest BCUT2D eigenvalue weighted by atomic mass is 35.5. The van der Waals surface area contributed by atoms with Crippen molar-refractivity contribution in [3.63, 3.8) is 0 Å². The summed E-state index contributed by atoms with van der Waals surface area (Å²) in [4.78, 5) is 29.0. The van der Waals surface area contributed by atoms with E-state index < -0.39 is 5.54 Å². The molecule has 1 N–H and O–H groups in total. The standard InChI is InChI=1S/C24H26ClN3O3/c1-24(23(30)26-18-5-3-2-4-6-18)15-27-19-11-12-31-21(19)13-20(27)22(29)28(24)14-16-7-9-17(25)10-8-16/h7-13,18H,2-6,14-15H2,1H3,(H,26,30). The average molecular weight is 440 g/mol. The molecule has 0 bridgehead atoms. The number of nitrogens with one attached hydrogen (secondary N) is 1. The summed E-state index contributed by atoms with van der Waals surface area (Å²) in [7, 11) is 0. The Morgan fingerprint density at radius 1 is 1.19 bits per heavy atom. The Kier molecular flexibility index (Phi) is 5.05. The van der Waals surface area contributed by atoms with Crippen LogP contribution in [0.2, 0.25) is 5.02 Å². The molecule has 0 spiro atoms. The summed E-state index contributed by atoms with van der Waals surface area (Å²) < 4.78 is 7.45. The lowest BCUT2D eigenvalue weighted by Gasteiger charge is -2.44. The molecule has 1 atom stereocenters. The Labute approximate surface area is 186 Å². The van der Waals surface area contributed by atoms with Crippen LogP contribution in [0.3, 0.4) is 0 Å². The number of hydrogen-bond donors (Lipinski definition) is 1. The van der Waals surface area contributed by atoms with Crippen LogP contribution in [0.15, 0.2) is 47.1 Å². The molecule has 5 rings (SSSR count). The molecular formula is C24H26ClN3O3. The second-order valence-corrected chi connectivity index (χ2v) is 9.32. The SMILES string of the molecule is CC1(C(=O)NC2CCCCC2)Cn2c(cc3occc32)C(=O)N1Cc1ccc(Cl)cc1. The first-order valence-electron chi connectivity index (χ1n) is 10.9. The number of aromatic nitrogens is 1. The van der Waals surface area contributed by atoms with Crippen LogP contribution in [-0.2, 0) is 17.9 Å². The van der Waals surface area contributed by atoms with E-state index in [1.807, 2.05) is 29.7 Å². The Morgan fingerprint density at radius 3 is 2.68 bits per heavy atom. The predicted octanol–water partition coefficient (Wildman–Crippen LogP) is 4.75. The fourth-order valence-corrected chi connectivity index (χ4v) is 5.01. The Morgan fingerprint density at radius 2 is 1.94 bits per heavy atom. The van der Waals surface area contributed by atoms with Crippen molar-refractivity contribution in [1.82, 2.24) is 14.8 Å². The van der Waals surface area contributed by atoms with Crippen molar-refractivity contribution in [2.75, 3.05) is 0 Å². The molecule has 7 heteroatoms. The van der Waals surface area contributed by atoms with E-state index in [9.17, 15) is 9.59 Å². The molecule has 6 nitrogen and oxygen atoms in total. The van der Waals surface area contributed by atoms with Gasteiger partial charge in [-0.1, -0.05) is 43.0 Å². The van der Waals surface area contributed by atoms with Crippen molar-refractivity contribution in [3.05, 3.63) is 58.9 Å². The molecule has 0 radical (unpaired) electrons. The van der Waals surface area contributed by atoms with Crippen LogP contribution in [-0.4, -0.2) is 32.9 Å². The van der Waals surface area contributed by atoms with Gasteiger partial charge in [-0.15, -0.1) is 0 Å². The Hall–Kier alpha value is -2.73. The smallest absolute Gasteiger partial charge is 0.271 e. The van der Waals surface area contributed by atoms with E-state index in [1.54, 1.807) is 29.4 Å². The second kappa shape index (κ2) is 7.75. The van der Waals surface area contributed by atoms with E-state index in [0.29, 0.717) is 29.4 Å². The summed E-state index contributed by atoms with van der Waals surface area (Å²) >= 11 is 6.04. The van der Waals surface area contributed by atoms with Gasteiger partial charge < -0.3 is 19.2 Å². The zero-order chi connectivity index (χ0) is 21.6. The summed E-state index contributed by atoms with van der Waals surface area (Å²) in [5.74, 6) is -0.272. The van der Waals surface area contributed by atoms with Gasteiger partial charge in [0.25, 0.3) is 5.91 Å². The third kappa shape index (κ3) is 3.53. The number of fused-ring (bicyclic) bond motifs is 3. The van der Waals surface area contributed by atoms with E-state index in [4.69, 9.17) is 16.0 Å². The molecule has 3 heterocycles. The normalized spacial score (nSPS) is 22.0. The molecule has 2 amide bonds. The van der Waals surface area contributed by atoms with Crippen LogP contribution in [0.4, 0.5) is 0 Å². The maximum atomic E-state index is 13.6. The minimum atomic E-state index is -1.02. The van der Waals surface area contributed by atoms with Gasteiger partial charge in [-0.3, -0.25) is 9.59 Å². The van der Waals surface area contributed by atoms with Crippen LogP contribution < -0.4 is 5.32 Å². The monoisotopic (exact) mass is 439 g/mol. The van der Waals surface area contributed by atoms with Gasteiger partial charge in [0.1, 0.15) is 11.2 Å². The van der Waals surface area contributed by atoms with Crippen LogP contribution in [0.25, 0.3) is 11.1 Å². The largest absolute Gasteiger partial charge is 0.463 e. The van der Waals surface area contributed by atoms with Gasteiger partial charge in [0.2, 0.25) is 5.91 Å². The molecule has 2 aromatic heterocycles. The third-order valence-electron chi connectivity index (χ3n) is 6.73. The van der Waals surface area contributed by atoms with Gasteiger partial charge in [-0.25, -0.2) is 0 Å². The summed E-state index contributed by atoms with van der Waals surface area (Å²) in [5, 5.41) is 3.89. The highest BCUT2D eigenvalue weighted by Gasteiger charge is 2.48. The highest BCUT2D eigenvalue weighted by molar-refractivity contribution is 6.30. The first-order chi connectivity index (χ1) is 15.0. The van der Waals surface area contributed by atoms with Gasteiger partial charge in [0.15, 0.2) is 5.58 Å². The van der Waals surface area contributed by atoms with Gasteiger partial charge in [0, 0.05) is 29.7 Å². The topological polar surface area (TPSA) is 67.5 Å². The lowest BCUT2D eigenvalue weighted by molar-refractivity contribution is -0.134. The number of benzene rings is 1. The minimum absolute atomic E-state index is 0.0993. The van der Waals surface area contributed by atoms with Crippen LogP contribution in [0.1, 0.15) is 55.1 Å². The number of carbonyl (C=O) groups excluding carboxylic acids is 2. The second-order valence-electron chi connectivity index (χ2n) is 8.89. The van der Waals surface area contributed by atoms with Crippen molar-refractivity contribution in [3.8, 4) is 0 Å². The number of furan rings is 1. The van der Waals surface area contributed by atoms with Gasteiger partial charge in [-0.2, -0.15) is 0 Å². The zero-order valence-electron chi connectivity index (χ0n) is 17.6. The fraction of sp³-hybridized carbons (Fsp3) is 0.417. The Bertz CT molecular complexity index is 1130. The molecule has 3 aromatic rings. The minimum Gasteiger partial charge on any atom is -0.463 e. The van der Waals surface area contributed by atoms with Crippen LogP contribution >= 0.6 is 11.6 Å². The summed E-state index contributed by atoms with van der Waals surface area (Å²) in [5.41, 5.74) is 1.95. The molecule has 1 aromatic carbocycles. The summed E-state index contributed by atoms with van der Waals surface area (Å²) in [6.45, 7) is 2.58. The lowest BCUT2D eigenvalue weighted by Crippen LogP contribution is -2.64. The number of carbonyl (C=O) groups is 2. The molecule has 2 aliphatic rings. The number of hydrogen-bond acceptors (Lipinski definition) is 3. The lowest BCUT2D eigenvalue weighted by atomic mass is 9.91. The molecule has 1 fully saturated rings. The molecule has 162 valence electrons. The maximum absolute atomic E-state index is 13.6. The highest BCUT2D eigenvalue weighted by Crippen LogP contribution is 2.34. The molecule has 0 saturated heterocycles. The first kappa shape index (κ1) is 20.2. The zero-order valence-corrected chi connectivity index (χ0v) is 18.3. The number of rotatable bonds is 4. The van der Waals surface area contributed by atoms with E-state index >= 15 is 0 Å². The number of amides is 2. The quantitative estimate of drug-likeness (QED) is 0.637. The fourth-order valence-electron chi connectivity index (χ4n) is 4.88. The van der Waals surface area contributed by atoms with Crippen molar-refractivity contribution >= 4 is 34.5 Å². The number of halogens is 1. The molecular weight excluding hydrogens is 414 g/mol. The van der Waals surface area contributed by atoms with E-state index in [0.717, 1.165) is 36.8 Å². The van der Waals surface area contributed by atoms with Crippen molar-refractivity contribution in [2.45, 2.75) is 63.7 Å². The van der Waals surface area contributed by atoms with Gasteiger partial charge in [-0.05, 0) is 37.5 Å². The summed E-state index contributed by atoms with van der Waals surface area (Å²) in [6, 6.07) is 11.2. The van der Waals surface area contributed by atoms with Gasteiger partial charge in [0.05, 0.1) is 18.3 Å². The predicted molar refractivity (Wildman–Crippen MR) is 119 cm³/mol. The van der Waals surface area contributed by atoms with Crippen molar-refractivity contribution in [2.24, 2.45) is 0 Å². The number of nitrogens with zero attached hydrogens (tertiary/aromatic N) is 2. The molecule has 31 heavy (non-hydrogen) atoms. The van der Waals surface area contributed by atoms with Crippen LogP contribution in [0.5, 0.6) is 0 Å². The van der Waals surface area contributed by atoms with Crippen molar-refractivity contribution in [1.29, 1.82) is 0 Å². The third-order valence-corrected chi connectivity index (χ3v) is 6.98. The molecule has 1 saturated carbocycles. The van der Waals surface area contributed by atoms with E-state index in [-0.39, 0.29) is 17.9 Å². The first-order valence-corrected chi connectivity index (χ1v) is 11.3. The van der Waals surface area contributed by atoms with E-state index in [1.165, 1.54) is 6.42 Å². The maximum Gasteiger partial charge on any atom is 0.271 e. The molecule has 1 unspecified atom stereocenters. The summed E-state index contributed by atoms with van der Waals surface area (Å²) in [6.07, 6.45) is 7.08. The average Bonchev–Trinajstić information content (AvgIpc) is 3.36. The van der Waals surface area contributed by atoms with Crippen molar-refractivity contribution < 1.29 is 14.0 Å². The molecule has 1 aliphatic carbocycles.